The van der Waals surface area contributed by atoms with Crippen molar-refractivity contribution in [1.82, 2.24) is 20.5 Å². The number of hydrogen-bond donors (Lipinski definition) is 4. The van der Waals surface area contributed by atoms with E-state index in [1.807, 2.05) is 0 Å². The molecule has 0 fully saturated rings. The largest absolute Gasteiger partial charge is 0.478 e. The number of halogens is 1. The number of hydrogen-bond acceptors (Lipinski definition) is 4. The highest BCUT2D eigenvalue weighted by atomic mass is 19.1. The Bertz CT molecular complexity index is 629. The predicted octanol–water partition coefficient (Wildman–Crippen LogP) is 0.964. The Labute approximate surface area is 112 Å². The maximum Gasteiger partial charge on any atom is 0.338 e. The van der Waals surface area contributed by atoms with E-state index >= 15 is 0 Å². The van der Waals surface area contributed by atoms with E-state index in [4.69, 9.17) is 5.11 Å². The lowest BCUT2D eigenvalue weighted by Crippen LogP contribution is -2.28. The van der Waals surface area contributed by atoms with Crippen molar-refractivity contribution in [3.63, 3.8) is 0 Å². The summed E-state index contributed by atoms with van der Waals surface area (Å²) in [6.07, 6.45) is 1.30. The second-order valence-electron chi connectivity index (χ2n) is 3.74. The molecule has 9 heteroatoms. The van der Waals surface area contributed by atoms with Gasteiger partial charge in [-0.1, -0.05) is 0 Å². The maximum atomic E-state index is 13.2. The van der Waals surface area contributed by atoms with Gasteiger partial charge in [-0.3, -0.25) is 5.10 Å². The number of aromatic amines is 1. The van der Waals surface area contributed by atoms with Gasteiger partial charge in [0.2, 0.25) is 0 Å². The molecular formula is C11H10FN5O3. The van der Waals surface area contributed by atoms with Gasteiger partial charge in [0.15, 0.2) is 0 Å². The Hall–Kier alpha value is -2.97. The number of amides is 2. The number of urea groups is 1. The van der Waals surface area contributed by atoms with Crippen molar-refractivity contribution in [3.8, 4) is 0 Å². The zero-order valence-corrected chi connectivity index (χ0v) is 10.1. The molecule has 2 amide bonds. The highest BCUT2D eigenvalue weighted by molar-refractivity contribution is 5.93. The van der Waals surface area contributed by atoms with Gasteiger partial charge in [0.05, 0.1) is 12.1 Å². The van der Waals surface area contributed by atoms with Crippen molar-refractivity contribution in [3.05, 3.63) is 41.7 Å². The van der Waals surface area contributed by atoms with Crippen LogP contribution in [0.2, 0.25) is 0 Å². The van der Waals surface area contributed by atoms with Crippen LogP contribution in [-0.4, -0.2) is 32.3 Å². The van der Waals surface area contributed by atoms with Crippen LogP contribution in [0, 0.1) is 5.82 Å². The molecule has 0 radical (unpaired) electrons. The van der Waals surface area contributed by atoms with Crippen LogP contribution in [0.3, 0.4) is 0 Å². The number of H-pyrrole nitrogens is 1. The van der Waals surface area contributed by atoms with Crippen LogP contribution in [0.15, 0.2) is 24.5 Å². The summed E-state index contributed by atoms with van der Waals surface area (Å²) >= 11 is 0. The number of rotatable bonds is 4. The Balaban J connectivity index is 1.97. The fourth-order valence-electron chi connectivity index (χ4n) is 1.42. The van der Waals surface area contributed by atoms with E-state index in [0.29, 0.717) is 5.82 Å². The Morgan fingerprint density at radius 2 is 2.20 bits per heavy atom. The monoisotopic (exact) mass is 279 g/mol. The molecular weight excluding hydrogens is 269 g/mol. The topological polar surface area (TPSA) is 120 Å². The van der Waals surface area contributed by atoms with Crippen molar-refractivity contribution in [1.29, 1.82) is 0 Å². The summed E-state index contributed by atoms with van der Waals surface area (Å²) in [6.45, 7) is 0.124. The second-order valence-corrected chi connectivity index (χ2v) is 3.74. The maximum absolute atomic E-state index is 13.2. The highest BCUT2D eigenvalue weighted by Crippen LogP contribution is 2.14. The molecule has 1 heterocycles. The van der Waals surface area contributed by atoms with Crippen LogP contribution in [-0.2, 0) is 6.54 Å². The zero-order chi connectivity index (χ0) is 14.5. The summed E-state index contributed by atoms with van der Waals surface area (Å²) in [7, 11) is 0. The first-order valence-electron chi connectivity index (χ1n) is 5.48. The van der Waals surface area contributed by atoms with Gasteiger partial charge >= 0.3 is 12.0 Å². The molecule has 0 saturated heterocycles. The molecule has 0 aliphatic heterocycles. The third-order valence-electron chi connectivity index (χ3n) is 2.34. The van der Waals surface area contributed by atoms with Crippen LogP contribution >= 0.6 is 0 Å². The SMILES string of the molecule is O=C(NCc1ncn[nH]1)Nc1ccc(F)c(C(=O)O)c1. The minimum atomic E-state index is -1.41. The number of nitrogens with zero attached hydrogens (tertiary/aromatic N) is 2. The first-order chi connectivity index (χ1) is 9.56. The van der Waals surface area contributed by atoms with Gasteiger partial charge in [-0.2, -0.15) is 5.10 Å². The third kappa shape index (κ3) is 3.28. The molecule has 0 aliphatic carbocycles. The number of aromatic carboxylic acids is 1. The minimum absolute atomic E-state index is 0.124. The third-order valence-corrected chi connectivity index (χ3v) is 2.34. The van der Waals surface area contributed by atoms with Crippen molar-refractivity contribution in [2.45, 2.75) is 6.54 Å². The van der Waals surface area contributed by atoms with E-state index < -0.39 is 23.4 Å². The van der Waals surface area contributed by atoms with Crippen LogP contribution in [0.1, 0.15) is 16.2 Å². The summed E-state index contributed by atoms with van der Waals surface area (Å²) in [5, 5.41) is 19.8. The number of carbonyl (C=O) groups is 2. The van der Waals surface area contributed by atoms with Gasteiger partial charge in [-0.25, -0.2) is 19.0 Å². The number of carbonyl (C=O) groups excluding carboxylic acids is 1. The molecule has 0 bridgehead atoms. The summed E-state index contributed by atoms with van der Waals surface area (Å²) in [5.41, 5.74) is -0.350. The average molecular weight is 279 g/mol. The average Bonchev–Trinajstić information content (AvgIpc) is 2.91. The molecule has 2 aromatic rings. The lowest BCUT2D eigenvalue weighted by Gasteiger charge is -2.07. The van der Waals surface area contributed by atoms with Crippen LogP contribution < -0.4 is 10.6 Å². The van der Waals surface area contributed by atoms with Crippen LogP contribution in [0.25, 0.3) is 0 Å². The van der Waals surface area contributed by atoms with E-state index in [2.05, 4.69) is 25.8 Å². The molecule has 2 rings (SSSR count). The second kappa shape index (κ2) is 5.78. The lowest BCUT2D eigenvalue weighted by molar-refractivity contribution is 0.0692. The summed E-state index contributed by atoms with van der Waals surface area (Å²) in [4.78, 5) is 26.1. The fraction of sp³-hybridized carbons (Fsp3) is 0.0909. The number of carboxylic acids is 1. The van der Waals surface area contributed by atoms with Gasteiger partial charge in [0, 0.05) is 5.69 Å². The van der Waals surface area contributed by atoms with Crippen molar-refractivity contribution < 1.29 is 19.1 Å². The molecule has 4 N–H and O–H groups in total. The zero-order valence-electron chi connectivity index (χ0n) is 10.1. The molecule has 0 atom stereocenters. The van der Waals surface area contributed by atoms with Gasteiger partial charge in [-0.05, 0) is 18.2 Å². The number of aromatic nitrogens is 3. The minimum Gasteiger partial charge on any atom is -0.478 e. The number of nitrogens with one attached hydrogen (secondary N) is 3. The van der Waals surface area contributed by atoms with E-state index in [1.165, 1.54) is 12.4 Å². The van der Waals surface area contributed by atoms with Crippen molar-refractivity contribution >= 4 is 17.7 Å². The van der Waals surface area contributed by atoms with Crippen molar-refractivity contribution in [2.75, 3.05) is 5.32 Å². The van der Waals surface area contributed by atoms with E-state index in [1.54, 1.807) is 0 Å². The van der Waals surface area contributed by atoms with Crippen LogP contribution in [0.5, 0.6) is 0 Å². The molecule has 0 aliphatic rings. The van der Waals surface area contributed by atoms with E-state index in [0.717, 1.165) is 12.1 Å². The van der Waals surface area contributed by atoms with Gasteiger partial charge in [0.1, 0.15) is 18.0 Å². The highest BCUT2D eigenvalue weighted by Gasteiger charge is 2.12. The van der Waals surface area contributed by atoms with Gasteiger partial charge in [-0.15, -0.1) is 0 Å². The summed E-state index contributed by atoms with van der Waals surface area (Å²) < 4.78 is 13.2. The molecule has 0 saturated carbocycles. The number of anilines is 1. The summed E-state index contributed by atoms with van der Waals surface area (Å²) in [6, 6.07) is 2.68. The molecule has 8 nitrogen and oxygen atoms in total. The number of benzene rings is 1. The van der Waals surface area contributed by atoms with Crippen LogP contribution in [0.4, 0.5) is 14.9 Å². The molecule has 104 valence electrons. The molecule has 0 spiro atoms. The molecule has 0 unspecified atom stereocenters. The smallest absolute Gasteiger partial charge is 0.338 e. The Morgan fingerprint density at radius 3 is 2.85 bits per heavy atom. The van der Waals surface area contributed by atoms with Gasteiger partial charge in [0.25, 0.3) is 0 Å². The summed E-state index contributed by atoms with van der Waals surface area (Å²) in [5.74, 6) is -1.82. The van der Waals surface area contributed by atoms with E-state index in [9.17, 15) is 14.0 Å². The Morgan fingerprint density at radius 1 is 1.40 bits per heavy atom. The van der Waals surface area contributed by atoms with E-state index in [-0.39, 0.29) is 12.2 Å². The predicted molar refractivity (Wildman–Crippen MR) is 65.6 cm³/mol. The molecule has 1 aromatic heterocycles. The number of carboxylic acid groups (broad SMARTS) is 1. The Kier molecular flexibility index (Phi) is 3.89. The quantitative estimate of drug-likeness (QED) is 0.664. The first-order valence-corrected chi connectivity index (χ1v) is 5.48. The van der Waals surface area contributed by atoms with Crippen molar-refractivity contribution in [2.24, 2.45) is 0 Å². The standard InChI is InChI=1S/C11H10FN5O3/c12-8-2-1-6(3-7(8)10(18)19)16-11(20)13-4-9-14-5-15-17-9/h1-3,5H,4H2,(H,18,19)(H2,13,16,20)(H,14,15,17). The normalized spacial score (nSPS) is 10.1. The fourth-order valence-corrected chi connectivity index (χ4v) is 1.42. The van der Waals surface area contributed by atoms with Gasteiger partial charge < -0.3 is 15.7 Å². The first kappa shape index (κ1) is 13.5. The molecule has 1 aromatic carbocycles. The lowest BCUT2D eigenvalue weighted by atomic mass is 10.2. The molecule has 20 heavy (non-hydrogen) atoms.